The maximum absolute atomic E-state index is 12.0. The molecule has 1 unspecified atom stereocenters. The number of alkyl halides is 1. The third-order valence-corrected chi connectivity index (χ3v) is 6.08. The molecule has 0 saturated heterocycles. The molecule has 3 nitrogen and oxygen atoms in total. The van der Waals surface area contributed by atoms with Gasteiger partial charge in [-0.2, -0.15) is 0 Å². The Morgan fingerprint density at radius 2 is 2.07 bits per heavy atom. The van der Waals surface area contributed by atoms with Crippen LogP contribution in [0.25, 0.3) is 0 Å². The Morgan fingerprint density at radius 3 is 2.40 bits per heavy atom. The van der Waals surface area contributed by atoms with Crippen LogP contribution in [0.4, 0.5) is 0 Å². The van der Waals surface area contributed by atoms with Gasteiger partial charge in [0, 0.05) is 19.0 Å². The van der Waals surface area contributed by atoms with Crippen LogP contribution in [0.5, 0.6) is 0 Å². The Morgan fingerprint density at radius 1 is 1.47 bits per heavy atom. The van der Waals surface area contributed by atoms with Crippen LogP contribution in [0.15, 0.2) is 0 Å². The smallest absolute Gasteiger partial charge is 0.212 e. The Bertz CT molecular complexity index is 288. The Balaban J connectivity index is 2.63. The fourth-order valence-electron chi connectivity index (χ4n) is 1.71. The van der Waals surface area contributed by atoms with Crippen molar-refractivity contribution in [1.29, 1.82) is 0 Å². The highest BCUT2D eigenvalue weighted by Crippen LogP contribution is 2.28. The van der Waals surface area contributed by atoms with Gasteiger partial charge in [-0.25, -0.2) is 12.7 Å². The molecule has 5 heteroatoms. The van der Waals surface area contributed by atoms with Crippen molar-refractivity contribution < 1.29 is 8.42 Å². The molecule has 0 aromatic carbocycles. The molecule has 0 spiro atoms. The third-order valence-electron chi connectivity index (χ3n) is 3.12. The summed E-state index contributed by atoms with van der Waals surface area (Å²) in [7, 11) is -3.17. The first-order valence-corrected chi connectivity index (χ1v) is 7.61. The van der Waals surface area contributed by atoms with E-state index in [-0.39, 0.29) is 5.88 Å². The van der Waals surface area contributed by atoms with Gasteiger partial charge >= 0.3 is 0 Å². The zero-order valence-corrected chi connectivity index (χ0v) is 11.0. The average molecular weight is 254 g/mol. The second-order valence-corrected chi connectivity index (χ2v) is 6.92. The third kappa shape index (κ3) is 3.08. The molecule has 1 atom stereocenters. The van der Waals surface area contributed by atoms with E-state index in [1.54, 1.807) is 11.2 Å². The zero-order chi connectivity index (χ0) is 11.5. The summed E-state index contributed by atoms with van der Waals surface area (Å²) in [4.78, 5) is 0. The van der Waals surface area contributed by atoms with E-state index in [4.69, 9.17) is 11.6 Å². The van der Waals surface area contributed by atoms with Crippen LogP contribution in [-0.2, 0) is 10.0 Å². The van der Waals surface area contributed by atoms with Crippen molar-refractivity contribution in [3.8, 4) is 0 Å². The molecule has 15 heavy (non-hydrogen) atoms. The number of hydrogen-bond donors (Lipinski definition) is 0. The normalized spacial score (nSPS) is 20.3. The van der Waals surface area contributed by atoms with Crippen molar-refractivity contribution in [1.82, 2.24) is 4.31 Å². The van der Waals surface area contributed by atoms with Crippen LogP contribution in [0.2, 0.25) is 0 Å². The molecule has 0 amide bonds. The van der Waals surface area contributed by atoms with Gasteiger partial charge in [0.2, 0.25) is 10.0 Å². The van der Waals surface area contributed by atoms with Crippen LogP contribution in [0, 0.1) is 5.92 Å². The summed E-state index contributed by atoms with van der Waals surface area (Å²) in [6.07, 6.45) is 3.58. The first kappa shape index (κ1) is 13.3. The number of nitrogens with zero attached hydrogens (tertiary/aromatic N) is 1. The maximum Gasteiger partial charge on any atom is 0.217 e. The van der Waals surface area contributed by atoms with Gasteiger partial charge in [-0.05, 0) is 25.7 Å². The lowest BCUT2D eigenvalue weighted by Crippen LogP contribution is -2.42. The number of halogens is 1. The van der Waals surface area contributed by atoms with Gasteiger partial charge in [0.05, 0.1) is 5.25 Å². The molecule has 1 saturated carbocycles. The quantitative estimate of drug-likeness (QED) is 0.680. The van der Waals surface area contributed by atoms with Crippen molar-refractivity contribution >= 4 is 21.6 Å². The number of rotatable bonds is 6. The van der Waals surface area contributed by atoms with Gasteiger partial charge in [-0.15, -0.1) is 11.6 Å². The van der Waals surface area contributed by atoms with Crippen LogP contribution in [-0.4, -0.2) is 36.9 Å². The van der Waals surface area contributed by atoms with Crippen molar-refractivity contribution in [2.24, 2.45) is 5.92 Å². The molecule has 0 aromatic rings. The molecule has 1 fully saturated rings. The van der Waals surface area contributed by atoms with Crippen molar-refractivity contribution in [3.63, 3.8) is 0 Å². The molecule has 0 heterocycles. The van der Waals surface area contributed by atoms with E-state index in [0.29, 0.717) is 19.0 Å². The van der Waals surface area contributed by atoms with E-state index in [1.807, 2.05) is 6.92 Å². The first-order chi connectivity index (χ1) is 7.02. The first-order valence-electron chi connectivity index (χ1n) is 5.57. The second-order valence-electron chi connectivity index (χ2n) is 4.26. The second kappa shape index (κ2) is 5.51. The van der Waals surface area contributed by atoms with E-state index in [0.717, 1.165) is 0 Å². The minimum absolute atomic E-state index is 0.170. The van der Waals surface area contributed by atoms with Crippen LogP contribution in [0.3, 0.4) is 0 Å². The summed E-state index contributed by atoms with van der Waals surface area (Å²) >= 11 is 5.62. The summed E-state index contributed by atoms with van der Waals surface area (Å²) in [5.74, 6) is 0.742. The largest absolute Gasteiger partial charge is 0.217 e. The molecule has 0 N–H and O–H groups in total. The average Bonchev–Trinajstić information content (AvgIpc) is 2.14. The lowest BCUT2D eigenvalue weighted by molar-refractivity contribution is 0.249. The molecule has 0 radical (unpaired) electrons. The standard InChI is InChI=1S/C10H20ClNO2S/c1-3-12(8-10-5-4-6-10)15(13,14)9(2)7-11/h9-10H,3-8H2,1-2H3. The molecular formula is C10H20ClNO2S. The van der Waals surface area contributed by atoms with E-state index < -0.39 is 15.3 Å². The molecular weight excluding hydrogens is 234 g/mol. The highest BCUT2D eigenvalue weighted by molar-refractivity contribution is 7.89. The fourth-order valence-corrected chi connectivity index (χ4v) is 3.63. The van der Waals surface area contributed by atoms with Gasteiger partial charge in [0.25, 0.3) is 0 Å². The van der Waals surface area contributed by atoms with Crippen molar-refractivity contribution in [2.45, 2.75) is 38.4 Å². The highest BCUT2D eigenvalue weighted by atomic mass is 35.5. The number of hydrogen-bond acceptors (Lipinski definition) is 2. The highest BCUT2D eigenvalue weighted by Gasteiger charge is 2.30. The molecule has 1 aliphatic rings. The monoisotopic (exact) mass is 253 g/mol. The van der Waals surface area contributed by atoms with Gasteiger partial charge in [0.15, 0.2) is 0 Å². The molecule has 0 aliphatic heterocycles. The van der Waals surface area contributed by atoms with Crippen LogP contribution < -0.4 is 0 Å². The topological polar surface area (TPSA) is 37.4 Å². The SMILES string of the molecule is CCN(CC1CCC1)S(=O)(=O)C(C)CCl. The van der Waals surface area contributed by atoms with E-state index in [9.17, 15) is 8.42 Å². The van der Waals surface area contributed by atoms with E-state index in [2.05, 4.69) is 0 Å². The van der Waals surface area contributed by atoms with Gasteiger partial charge in [-0.3, -0.25) is 0 Å². The summed E-state index contributed by atoms with van der Waals surface area (Å²) in [5, 5.41) is -0.473. The molecule has 90 valence electrons. The Labute approximate surface area is 97.8 Å². The Hall–Kier alpha value is 0.200. The van der Waals surface area contributed by atoms with Crippen molar-refractivity contribution in [3.05, 3.63) is 0 Å². The molecule has 1 rings (SSSR count). The lowest BCUT2D eigenvalue weighted by atomic mass is 9.85. The predicted molar refractivity (Wildman–Crippen MR) is 63.7 cm³/mol. The summed E-state index contributed by atoms with van der Waals surface area (Å²) in [5.41, 5.74) is 0. The van der Waals surface area contributed by atoms with E-state index in [1.165, 1.54) is 19.3 Å². The summed E-state index contributed by atoms with van der Waals surface area (Å²) in [6.45, 7) is 4.79. The summed E-state index contributed by atoms with van der Waals surface area (Å²) in [6, 6.07) is 0. The molecule has 0 aromatic heterocycles. The van der Waals surface area contributed by atoms with Crippen molar-refractivity contribution in [2.75, 3.05) is 19.0 Å². The van der Waals surface area contributed by atoms with Crippen LogP contribution in [0.1, 0.15) is 33.1 Å². The van der Waals surface area contributed by atoms with Gasteiger partial charge < -0.3 is 0 Å². The lowest BCUT2D eigenvalue weighted by Gasteiger charge is -2.32. The molecule has 1 aliphatic carbocycles. The predicted octanol–water partition coefficient (Wildman–Crippen LogP) is 2.07. The zero-order valence-electron chi connectivity index (χ0n) is 9.45. The maximum atomic E-state index is 12.0. The summed E-state index contributed by atoms with van der Waals surface area (Å²) < 4.78 is 25.6. The number of sulfonamides is 1. The van der Waals surface area contributed by atoms with Crippen LogP contribution >= 0.6 is 11.6 Å². The minimum Gasteiger partial charge on any atom is -0.212 e. The van der Waals surface area contributed by atoms with E-state index >= 15 is 0 Å². The minimum atomic E-state index is -3.17. The van der Waals surface area contributed by atoms with Gasteiger partial charge in [-0.1, -0.05) is 13.3 Å². The fraction of sp³-hybridized carbons (Fsp3) is 1.00. The van der Waals surface area contributed by atoms with Gasteiger partial charge in [0.1, 0.15) is 0 Å². The molecule has 0 bridgehead atoms. The Kier molecular flexibility index (Phi) is 4.87.